The third-order valence-corrected chi connectivity index (χ3v) is 2.86. The molecule has 0 spiro atoms. The summed E-state index contributed by atoms with van der Waals surface area (Å²) in [5.41, 5.74) is 0. The maximum atomic E-state index is 5.08. The lowest BCUT2D eigenvalue weighted by atomic mass is 10.8. The molecule has 0 saturated heterocycles. The molecule has 3 heteroatoms. The Morgan fingerprint density at radius 3 is 2.86 bits per heavy atom. The minimum atomic E-state index is 0.0812. The zero-order valence-electron chi connectivity index (χ0n) is 4.61. The fourth-order valence-electron chi connectivity index (χ4n) is 0.301. The van der Waals surface area contributed by atoms with Gasteiger partial charge in [-0.05, 0) is 6.92 Å². The average Bonchev–Trinajstić information content (AvgIpc) is 1.69. The molecule has 0 heterocycles. The van der Waals surface area contributed by atoms with Gasteiger partial charge in [0.1, 0.15) is 0 Å². The van der Waals surface area contributed by atoms with E-state index in [1.807, 2.05) is 6.92 Å². The molecule has 0 amide bonds. The summed E-state index contributed by atoms with van der Waals surface area (Å²) in [6.07, 6.45) is 0. The summed E-state index contributed by atoms with van der Waals surface area (Å²) in [5, 5.41) is 1.26. The van der Waals surface area contributed by atoms with Crippen molar-refractivity contribution in [3.8, 4) is 0 Å². The summed E-state index contributed by atoms with van der Waals surface area (Å²) >= 11 is 3.52. The number of rotatable bonds is 4. The van der Waals surface area contributed by atoms with Crippen molar-refractivity contribution in [2.24, 2.45) is 0 Å². The Balaban J connectivity index is 2.45. The van der Waals surface area contributed by atoms with Crippen molar-refractivity contribution in [1.29, 1.82) is 0 Å². The van der Waals surface area contributed by atoms with Crippen LogP contribution in [0.1, 0.15) is 6.92 Å². The lowest BCUT2D eigenvalue weighted by Gasteiger charge is -1.93. The Hall–Kier alpha value is 0.972. The van der Waals surface area contributed by atoms with E-state index in [1.165, 1.54) is 5.28 Å². The van der Waals surface area contributed by atoms with Gasteiger partial charge in [-0.2, -0.15) is 0 Å². The fourth-order valence-corrected chi connectivity index (χ4v) is 1.30. The second-order valence-electron chi connectivity index (χ2n) is 1.24. The SMILES string of the molecule is CCOC[CH2][AlH][Br]. The molecule has 0 aromatic rings. The normalized spacial score (nSPS) is 8.86. The van der Waals surface area contributed by atoms with E-state index in [9.17, 15) is 0 Å². The highest BCUT2D eigenvalue weighted by atomic mass is 79.9. The van der Waals surface area contributed by atoms with Gasteiger partial charge in [0.25, 0.3) is 0 Å². The van der Waals surface area contributed by atoms with Gasteiger partial charge in [0.05, 0.1) is 0 Å². The van der Waals surface area contributed by atoms with Crippen LogP contribution in [0.15, 0.2) is 0 Å². The van der Waals surface area contributed by atoms with Crippen molar-refractivity contribution in [2.75, 3.05) is 13.2 Å². The van der Waals surface area contributed by atoms with Crippen molar-refractivity contribution < 1.29 is 4.74 Å². The standard InChI is InChI=1S/C4H9O.Al.BrH.H/c1-3-5-4-2;;;/h1,3-4H2,2H3;;1H;/q;+1;;/p-1. The molecule has 0 bridgehead atoms. The van der Waals surface area contributed by atoms with Crippen molar-refractivity contribution in [3.63, 3.8) is 0 Å². The molecule has 0 aliphatic carbocycles. The van der Waals surface area contributed by atoms with E-state index in [2.05, 4.69) is 14.1 Å². The highest BCUT2D eigenvalue weighted by Crippen LogP contribution is 1.85. The number of halogens is 1. The molecule has 7 heavy (non-hydrogen) atoms. The van der Waals surface area contributed by atoms with Gasteiger partial charge in [-0.1, -0.05) is 5.28 Å². The van der Waals surface area contributed by atoms with Crippen molar-refractivity contribution in [3.05, 3.63) is 0 Å². The van der Waals surface area contributed by atoms with E-state index in [0.717, 1.165) is 13.2 Å². The molecule has 42 valence electrons. The zero-order valence-corrected chi connectivity index (χ0v) is 7.61. The van der Waals surface area contributed by atoms with Crippen molar-refractivity contribution in [2.45, 2.75) is 12.2 Å². The molecule has 0 unspecified atom stereocenters. The Kier molecular flexibility index (Phi) is 7.94. The second kappa shape index (κ2) is 6.97. The summed E-state index contributed by atoms with van der Waals surface area (Å²) in [6, 6.07) is 0. The molecule has 0 rings (SSSR count). The zero-order chi connectivity index (χ0) is 5.54. The van der Waals surface area contributed by atoms with Gasteiger partial charge in [-0.15, -0.1) is 0 Å². The van der Waals surface area contributed by atoms with Gasteiger partial charge in [0.15, 0.2) is 0 Å². The Morgan fingerprint density at radius 1 is 1.71 bits per heavy atom. The van der Waals surface area contributed by atoms with Gasteiger partial charge in [-0.3, -0.25) is 0 Å². The Bertz CT molecular complexity index is 30.9. The molecule has 0 atom stereocenters. The average molecular weight is 181 g/mol. The van der Waals surface area contributed by atoms with E-state index in [1.54, 1.807) is 0 Å². The van der Waals surface area contributed by atoms with Crippen LogP contribution in [0, 0.1) is 0 Å². The minimum absolute atomic E-state index is 0.0812. The number of hydrogen-bond acceptors (Lipinski definition) is 1. The molecular weight excluding hydrogens is 171 g/mol. The predicted molar refractivity (Wildman–Crippen MR) is 37.4 cm³/mol. The van der Waals surface area contributed by atoms with Crippen molar-refractivity contribution in [1.82, 2.24) is 0 Å². The predicted octanol–water partition coefficient (Wildman–Crippen LogP) is 1.19. The van der Waals surface area contributed by atoms with Crippen LogP contribution in [0.3, 0.4) is 0 Å². The van der Waals surface area contributed by atoms with E-state index in [-0.39, 0.29) is 13.4 Å². The van der Waals surface area contributed by atoms with Crippen LogP contribution in [0.5, 0.6) is 0 Å². The van der Waals surface area contributed by atoms with Gasteiger partial charge < -0.3 is 4.74 Å². The summed E-state index contributed by atoms with van der Waals surface area (Å²) in [4.78, 5) is 0. The fraction of sp³-hybridized carbons (Fsp3) is 1.00. The van der Waals surface area contributed by atoms with Crippen LogP contribution >= 0.6 is 14.1 Å². The van der Waals surface area contributed by atoms with Crippen LogP contribution in [0.2, 0.25) is 5.28 Å². The molecule has 0 aliphatic heterocycles. The largest absolute Gasteiger partial charge is 0.383 e. The molecule has 0 aromatic heterocycles. The van der Waals surface area contributed by atoms with Gasteiger partial charge in [0, 0.05) is 13.2 Å². The molecule has 0 saturated carbocycles. The van der Waals surface area contributed by atoms with Crippen LogP contribution in [-0.2, 0) is 4.74 Å². The quantitative estimate of drug-likeness (QED) is 0.467. The third-order valence-electron chi connectivity index (χ3n) is 0.626. The number of ether oxygens (including phenoxy) is 1. The summed E-state index contributed by atoms with van der Waals surface area (Å²) in [5.74, 6) is 0. The molecule has 0 N–H and O–H groups in total. The Labute approximate surface area is 57.8 Å². The highest BCUT2D eigenvalue weighted by molar-refractivity contribution is 9.23. The monoisotopic (exact) mass is 180 g/mol. The smallest absolute Gasteiger partial charge is 0.344 e. The number of hydrogen-bond donors (Lipinski definition) is 0. The first-order valence-electron chi connectivity index (χ1n) is 2.55. The second-order valence-corrected chi connectivity index (χ2v) is 4.70. The van der Waals surface area contributed by atoms with Crippen LogP contribution < -0.4 is 0 Å². The van der Waals surface area contributed by atoms with Crippen LogP contribution in [-0.4, -0.2) is 26.6 Å². The molecule has 0 fully saturated rings. The molecule has 1 nitrogen and oxygen atoms in total. The first-order chi connectivity index (χ1) is 3.41. The van der Waals surface area contributed by atoms with E-state index < -0.39 is 0 Å². The van der Waals surface area contributed by atoms with E-state index >= 15 is 0 Å². The van der Waals surface area contributed by atoms with Gasteiger partial charge >= 0.3 is 13.4 Å². The maximum Gasteiger partial charge on any atom is 0.344 e. The maximum absolute atomic E-state index is 5.08. The summed E-state index contributed by atoms with van der Waals surface area (Å²) in [6.45, 7) is 3.84. The lowest BCUT2D eigenvalue weighted by molar-refractivity contribution is 0.162. The van der Waals surface area contributed by atoms with Gasteiger partial charge in [0.2, 0.25) is 0 Å². The molecule has 0 aromatic carbocycles. The van der Waals surface area contributed by atoms with Crippen LogP contribution in [0.4, 0.5) is 0 Å². The lowest BCUT2D eigenvalue weighted by Crippen LogP contribution is -1.93. The van der Waals surface area contributed by atoms with Crippen molar-refractivity contribution >= 4 is 27.4 Å². The summed E-state index contributed by atoms with van der Waals surface area (Å²) < 4.78 is 5.08. The minimum Gasteiger partial charge on any atom is -0.383 e. The van der Waals surface area contributed by atoms with E-state index in [4.69, 9.17) is 4.74 Å². The highest BCUT2D eigenvalue weighted by Gasteiger charge is 1.84. The first kappa shape index (κ1) is 7.97. The molecule has 0 radical (unpaired) electrons. The Morgan fingerprint density at radius 2 is 2.43 bits per heavy atom. The van der Waals surface area contributed by atoms with Gasteiger partial charge in [-0.25, -0.2) is 14.1 Å². The van der Waals surface area contributed by atoms with Crippen LogP contribution in [0.25, 0.3) is 0 Å². The summed E-state index contributed by atoms with van der Waals surface area (Å²) in [7, 11) is 0. The third kappa shape index (κ3) is 6.97. The first-order valence-corrected chi connectivity index (χ1v) is 7.45. The topological polar surface area (TPSA) is 9.23 Å². The molecular formula is C4H10AlBrO. The molecule has 0 aliphatic rings. The van der Waals surface area contributed by atoms with E-state index in [0.29, 0.717) is 0 Å².